The third-order valence-electron chi connectivity index (χ3n) is 3.57. The van der Waals surface area contributed by atoms with E-state index in [4.69, 9.17) is 23.2 Å². The number of benzene rings is 2. The highest BCUT2D eigenvalue weighted by atomic mass is 79.9. The van der Waals surface area contributed by atoms with Gasteiger partial charge >= 0.3 is 0 Å². The van der Waals surface area contributed by atoms with Crippen LogP contribution in [0, 0.1) is 0 Å². The maximum Gasteiger partial charge on any atom is 0.244 e. The minimum Gasteiger partial charge on any atom is -0.251 e. The molecule has 0 aliphatic rings. The molecule has 10 heteroatoms. The van der Waals surface area contributed by atoms with E-state index in [9.17, 15) is 8.42 Å². The lowest BCUT2D eigenvalue weighted by Crippen LogP contribution is -2.32. The molecule has 0 saturated heterocycles. The first-order chi connectivity index (χ1) is 12.4. The van der Waals surface area contributed by atoms with E-state index >= 15 is 0 Å². The van der Waals surface area contributed by atoms with Gasteiger partial charge in [-0.15, -0.1) is 0 Å². The fourth-order valence-electron chi connectivity index (χ4n) is 2.44. The molecule has 26 heavy (non-hydrogen) atoms. The molecule has 0 aliphatic carbocycles. The first kappa shape index (κ1) is 19.3. The Morgan fingerprint density at radius 3 is 2.38 bits per heavy atom. The number of hydrogen-bond acceptors (Lipinski definition) is 4. The van der Waals surface area contributed by atoms with Crippen LogP contribution in [0.3, 0.4) is 0 Å². The number of aromatic nitrogens is 3. The molecule has 0 spiro atoms. The van der Waals surface area contributed by atoms with Crippen molar-refractivity contribution < 1.29 is 8.42 Å². The Kier molecular flexibility index (Phi) is 5.99. The Hall–Kier alpha value is -1.45. The van der Waals surface area contributed by atoms with Crippen molar-refractivity contribution in [3.63, 3.8) is 0 Å². The molecule has 1 atom stereocenters. The molecule has 2 aromatic carbocycles. The number of nitrogens with one attached hydrogen (secondary N) is 1. The van der Waals surface area contributed by atoms with Crippen LogP contribution in [-0.2, 0) is 16.6 Å². The van der Waals surface area contributed by atoms with Crippen molar-refractivity contribution in [2.24, 2.45) is 0 Å². The van der Waals surface area contributed by atoms with E-state index in [-0.39, 0.29) is 21.5 Å². The predicted molar refractivity (Wildman–Crippen MR) is 104 cm³/mol. The summed E-state index contributed by atoms with van der Waals surface area (Å²) in [6, 6.07) is 11.6. The van der Waals surface area contributed by atoms with Crippen molar-refractivity contribution in [3.8, 4) is 0 Å². The molecular formula is C16H13BrCl2N4O2S. The number of sulfonamides is 1. The van der Waals surface area contributed by atoms with Crippen molar-refractivity contribution in [1.82, 2.24) is 19.5 Å². The molecule has 3 rings (SSSR count). The smallest absolute Gasteiger partial charge is 0.244 e. The molecule has 1 heterocycles. The topological polar surface area (TPSA) is 76.9 Å². The van der Waals surface area contributed by atoms with Gasteiger partial charge in [-0.1, -0.05) is 69.5 Å². The highest BCUT2D eigenvalue weighted by molar-refractivity contribution is 9.10. The Bertz CT molecular complexity index is 975. The fourth-order valence-corrected chi connectivity index (χ4v) is 5.59. The summed E-state index contributed by atoms with van der Waals surface area (Å²) in [5.41, 5.74) is 0.774. The third kappa shape index (κ3) is 4.44. The zero-order chi connectivity index (χ0) is 18.7. The normalized spacial score (nSPS) is 12.9. The minimum absolute atomic E-state index is 0.0319. The third-order valence-corrected chi connectivity index (χ3v) is 6.42. The summed E-state index contributed by atoms with van der Waals surface area (Å²) in [5.74, 6) is 0. The molecule has 0 fully saturated rings. The second-order valence-electron chi connectivity index (χ2n) is 5.40. The standard InChI is InChI=1S/C16H13BrCl2N4O2S/c17-12-6-13(18)16(14(19)7-12)26(24,25)22-15(8-23-10-20-9-21-23)11-4-2-1-3-5-11/h1-7,9-10,15,22H,8H2. The lowest BCUT2D eigenvalue weighted by Gasteiger charge is -2.20. The Labute approximate surface area is 169 Å². The van der Waals surface area contributed by atoms with Crippen LogP contribution in [0.5, 0.6) is 0 Å². The van der Waals surface area contributed by atoms with Gasteiger partial charge in [0.2, 0.25) is 10.0 Å². The largest absolute Gasteiger partial charge is 0.251 e. The average molecular weight is 476 g/mol. The number of hydrogen-bond donors (Lipinski definition) is 1. The van der Waals surface area contributed by atoms with E-state index in [2.05, 4.69) is 30.7 Å². The molecule has 1 aromatic heterocycles. The molecule has 0 bridgehead atoms. The fraction of sp³-hybridized carbons (Fsp3) is 0.125. The van der Waals surface area contributed by atoms with Crippen LogP contribution < -0.4 is 4.72 Å². The molecule has 6 nitrogen and oxygen atoms in total. The predicted octanol–water partition coefficient (Wildman–Crippen LogP) is 4.07. The van der Waals surface area contributed by atoms with Crippen molar-refractivity contribution in [2.75, 3.05) is 0 Å². The Balaban J connectivity index is 1.98. The summed E-state index contributed by atoms with van der Waals surface area (Å²) in [5, 5.41) is 4.11. The monoisotopic (exact) mass is 474 g/mol. The summed E-state index contributed by atoms with van der Waals surface area (Å²) in [4.78, 5) is 3.73. The van der Waals surface area contributed by atoms with Gasteiger partial charge < -0.3 is 0 Å². The number of nitrogens with zero attached hydrogens (tertiary/aromatic N) is 3. The summed E-state index contributed by atoms with van der Waals surface area (Å²) in [6.45, 7) is 0.259. The van der Waals surface area contributed by atoms with E-state index in [0.29, 0.717) is 4.47 Å². The molecule has 0 amide bonds. The van der Waals surface area contributed by atoms with Crippen LogP contribution in [-0.4, -0.2) is 23.2 Å². The van der Waals surface area contributed by atoms with Gasteiger partial charge in [0, 0.05) is 4.47 Å². The van der Waals surface area contributed by atoms with Gasteiger partial charge in [-0.25, -0.2) is 18.1 Å². The Morgan fingerprint density at radius 2 is 1.81 bits per heavy atom. The highest BCUT2D eigenvalue weighted by Crippen LogP contribution is 2.33. The first-order valence-electron chi connectivity index (χ1n) is 7.41. The van der Waals surface area contributed by atoms with Gasteiger partial charge in [0.15, 0.2) is 0 Å². The molecular weight excluding hydrogens is 463 g/mol. The lowest BCUT2D eigenvalue weighted by molar-refractivity contribution is 0.482. The van der Waals surface area contributed by atoms with Gasteiger partial charge in [-0.05, 0) is 17.7 Å². The van der Waals surface area contributed by atoms with Crippen molar-refractivity contribution in [1.29, 1.82) is 0 Å². The zero-order valence-electron chi connectivity index (χ0n) is 13.2. The molecule has 0 radical (unpaired) electrons. The number of rotatable bonds is 6. The zero-order valence-corrected chi connectivity index (χ0v) is 17.1. The Morgan fingerprint density at radius 1 is 1.15 bits per heavy atom. The van der Waals surface area contributed by atoms with Gasteiger partial charge in [-0.2, -0.15) is 5.10 Å². The minimum atomic E-state index is -3.99. The molecule has 3 aromatic rings. The van der Waals surface area contributed by atoms with Crippen molar-refractivity contribution in [2.45, 2.75) is 17.5 Å². The summed E-state index contributed by atoms with van der Waals surface area (Å²) >= 11 is 15.5. The molecule has 0 saturated carbocycles. The molecule has 0 aliphatic heterocycles. The van der Waals surface area contributed by atoms with E-state index in [0.717, 1.165) is 5.56 Å². The second kappa shape index (κ2) is 8.06. The van der Waals surface area contributed by atoms with E-state index in [1.165, 1.54) is 24.8 Å². The summed E-state index contributed by atoms with van der Waals surface area (Å²) in [6.07, 6.45) is 2.91. The van der Waals surface area contributed by atoms with E-state index in [1.54, 1.807) is 4.68 Å². The van der Waals surface area contributed by atoms with Gasteiger partial charge in [0.1, 0.15) is 17.6 Å². The SMILES string of the molecule is O=S(=O)(NC(Cn1cncn1)c1ccccc1)c1c(Cl)cc(Br)cc1Cl. The van der Waals surface area contributed by atoms with Gasteiger partial charge in [0.05, 0.1) is 22.6 Å². The quantitative estimate of drug-likeness (QED) is 0.582. The number of halogens is 3. The van der Waals surface area contributed by atoms with Crippen LogP contribution in [0.25, 0.3) is 0 Å². The molecule has 1 unspecified atom stereocenters. The summed E-state index contributed by atoms with van der Waals surface area (Å²) in [7, 11) is -3.99. The van der Waals surface area contributed by atoms with Crippen LogP contribution in [0.4, 0.5) is 0 Å². The van der Waals surface area contributed by atoms with Crippen molar-refractivity contribution in [3.05, 3.63) is 75.2 Å². The van der Waals surface area contributed by atoms with Gasteiger partial charge in [-0.3, -0.25) is 4.68 Å². The van der Waals surface area contributed by atoms with E-state index in [1.807, 2.05) is 30.3 Å². The van der Waals surface area contributed by atoms with Crippen LogP contribution in [0.1, 0.15) is 11.6 Å². The van der Waals surface area contributed by atoms with Crippen LogP contribution >= 0.6 is 39.1 Å². The highest BCUT2D eigenvalue weighted by Gasteiger charge is 2.27. The second-order valence-corrected chi connectivity index (χ2v) is 8.78. The first-order valence-corrected chi connectivity index (χ1v) is 10.4. The van der Waals surface area contributed by atoms with Crippen molar-refractivity contribution >= 4 is 49.2 Å². The molecule has 1 N–H and O–H groups in total. The van der Waals surface area contributed by atoms with Crippen LogP contribution in [0.15, 0.2) is 64.5 Å². The van der Waals surface area contributed by atoms with E-state index < -0.39 is 16.1 Å². The lowest BCUT2D eigenvalue weighted by atomic mass is 10.1. The summed E-state index contributed by atoms with van der Waals surface area (Å²) < 4.78 is 30.7. The van der Waals surface area contributed by atoms with Crippen LogP contribution in [0.2, 0.25) is 10.0 Å². The maximum atomic E-state index is 13.0. The maximum absolute atomic E-state index is 13.0. The average Bonchev–Trinajstić information content (AvgIpc) is 3.06. The molecule has 136 valence electrons. The van der Waals surface area contributed by atoms with Gasteiger partial charge in [0.25, 0.3) is 0 Å².